The number of rotatable bonds is 4. The molecule has 0 aliphatic heterocycles. The molecule has 0 bridgehead atoms. The molecule has 25 heavy (non-hydrogen) atoms. The van der Waals surface area contributed by atoms with E-state index in [-0.39, 0.29) is 17.1 Å². The number of aryl methyl sites for hydroxylation is 1. The van der Waals surface area contributed by atoms with E-state index < -0.39 is 5.91 Å². The van der Waals surface area contributed by atoms with Gasteiger partial charge in [0.1, 0.15) is 5.56 Å². The van der Waals surface area contributed by atoms with Crippen LogP contribution in [0.1, 0.15) is 21.6 Å². The van der Waals surface area contributed by atoms with Crippen LogP contribution in [0, 0.1) is 6.92 Å². The van der Waals surface area contributed by atoms with Crippen LogP contribution in [0.2, 0.25) is 5.02 Å². The molecular formula is C18H15ClN4O2. The number of anilines is 1. The number of aromatic nitrogens is 3. The summed E-state index contributed by atoms with van der Waals surface area (Å²) in [5.41, 5.74) is 1.27. The van der Waals surface area contributed by atoms with E-state index in [4.69, 9.17) is 11.6 Å². The molecule has 3 aromatic rings. The van der Waals surface area contributed by atoms with Gasteiger partial charge in [-0.15, -0.1) is 0 Å². The van der Waals surface area contributed by atoms with Gasteiger partial charge < -0.3 is 4.57 Å². The number of carbonyl (C=O) groups is 1. The summed E-state index contributed by atoms with van der Waals surface area (Å²) in [6.07, 6.45) is 3.18. The molecule has 7 heteroatoms. The van der Waals surface area contributed by atoms with Gasteiger partial charge in [-0.25, -0.2) is 9.97 Å². The lowest BCUT2D eigenvalue weighted by molar-refractivity contribution is 0.102. The van der Waals surface area contributed by atoms with Crippen LogP contribution in [-0.2, 0) is 6.54 Å². The average molecular weight is 355 g/mol. The maximum absolute atomic E-state index is 12.6. The summed E-state index contributed by atoms with van der Waals surface area (Å²) in [4.78, 5) is 33.0. The van der Waals surface area contributed by atoms with Crippen molar-refractivity contribution >= 4 is 23.5 Å². The summed E-state index contributed by atoms with van der Waals surface area (Å²) < 4.78 is 1.47. The van der Waals surface area contributed by atoms with Crippen LogP contribution in [0.5, 0.6) is 0 Å². The number of hydrogen-bond donors (Lipinski definition) is 1. The number of pyridine rings is 1. The van der Waals surface area contributed by atoms with Crippen molar-refractivity contribution in [3.63, 3.8) is 0 Å². The van der Waals surface area contributed by atoms with E-state index in [9.17, 15) is 9.59 Å². The van der Waals surface area contributed by atoms with Gasteiger partial charge in [-0.2, -0.15) is 0 Å². The Bertz CT molecular complexity index is 967. The molecule has 1 amide bonds. The number of benzene rings is 1. The second-order valence-electron chi connectivity index (χ2n) is 5.46. The van der Waals surface area contributed by atoms with Crippen LogP contribution in [0.4, 0.5) is 5.95 Å². The first-order valence-corrected chi connectivity index (χ1v) is 7.95. The van der Waals surface area contributed by atoms with E-state index in [2.05, 4.69) is 15.3 Å². The highest BCUT2D eigenvalue weighted by molar-refractivity contribution is 6.30. The van der Waals surface area contributed by atoms with Crippen molar-refractivity contribution in [3.8, 4) is 0 Å². The van der Waals surface area contributed by atoms with Gasteiger partial charge in [0, 0.05) is 23.1 Å². The van der Waals surface area contributed by atoms with Gasteiger partial charge in [0.15, 0.2) is 0 Å². The molecule has 0 aliphatic carbocycles. The number of carbonyl (C=O) groups excluding carboxylic acids is 1. The Kier molecular flexibility index (Phi) is 4.90. The van der Waals surface area contributed by atoms with Gasteiger partial charge in [-0.1, -0.05) is 23.7 Å². The van der Waals surface area contributed by atoms with Crippen molar-refractivity contribution in [2.24, 2.45) is 0 Å². The fourth-order valence-electron chi connectivity index (χ4n) is 2.30. The van der Waals surface area contributed by atoms with E-state index >= 15 is 0 Å². The van der Waals surface area contributed by atoms with Gasteiger partial charge in [-0.05, 0) is 42.8 Å². The summed E-state index contributed by atoms with van der Waals surface area (Å²) in [7, 11) is 0. The molecular weight excluding hydrogens is 340 g/mol. The van der Waals surface area contributed by atoms with Gasteiger partial charge in [0.25, 0.3) is 11.5 Å². The van der Waals surface area contributed by atoms with E-state index in [1.165, 1.54) is 10.6 Å². The first kappa shape index (κ1) is 16.9. The minimum Gasteiger partial charge on any atom is -0.310 e. The number of nitrogens with one attached hydrogen (secondary N) is 1. The zero-order valence-electron chi connectivity index (χ0n) is 13.4. The lowest BCUT2D eigenvalue weighted by Crippen LogP contribution is -2.29. The molecule has 6 nitrogen and oxygen atoms in total. The van der Waals surface area contributed by atoms with Crippen molar-refractivity contribution < 1.29 is 4.79 Å². The molecule has 0 atom stereocenters. The topological polar surface area (TPSA) is 76.9 Å². The van der Waals surface area contributed by atoms with E-state index in [1.807, 2.05) is 12.1 Å². The van der Waals surface area contributed by atoms with Gasteiger partial charge in [0.2, 0.25) is 5.95 Å². The van der Waals surface area contributed by atoms with Gasteiger partial charge in [0.05, 0.1) is 6.54 Å². The molecule has 0 saturated carbocycles. The summed E-state index contributed by atoms with van der Waals surface area (Å²) in [6.45, 7) is 2.14. The smallest absolute Gasteiger partial charge is 0.263 e. The highest BCUT2D eigenvalue weighted by atomic mass is 35.5. The number of amides is 1. The van der Waals surface area contributed by atoms with Crippen LogP contribution < -0.4 is 10.9 Å². The standard InChI is InChI=1S/C18H15ClN4O2/c1-12-8-9-20-18(21-12)22-16(24)15-3-2-10-23(17(15)25)11-13-4-6-14(19)7-5-13/h2-10H,11H2,1H3,(H,20,21,22,24). The third kappa shape index (κ3) is 4.10. The maximum atomic E-state index is 12.6. The first-order valence-electron chi connectivity index (χ1n) is 7.58. The molecule has 0 radical (unpaired) electrons. The Hall–Kier alpha value is -2.99. The molecule has 1 aromatic carbocycles. The Balaban J connectivity index is 1.84. The summed E-state index contributed by atoms with van der Waals surface area (Å²) in [5, 5.41) is 3.17. The van der Waals surface area contributed by atoms with Crippen LogP contribution >= 0.6 is 11.6 Å². The third-order valence-electron chi connectivity index (χ3n) is 3.55. The van der Waals surface area contributed by atoms with E-state index in [1.54, 1.807) is 43.6 Å². The molecule has 0 aliphatic rings. The lowest BCUT2D eigenvalue weighted by Gasteiger charge is -2.09. The fourth-order valence-corrected chi connectivity index (χ4v) is 2.42. The van der Waals surface area contributed by atoms with Gasteiger partial charge in [-0.3, -0.25) is 14.9 Å². The summed E-state index contributed by atoms with van der Waals surface area (Å²) in [6, 6.07) is 12.0. The van der Waals surface area contributed by atoms with Crippen molar-refractivity contribution in [1.29, 1.82) is 0 Å². The van der Waals surface area contributed by atoms with Gasteiger partial charge >= 0.3 is 0 Å². The largest absolute Gasteiger partial charge is 0.310 e. The first-order chi connectivity index (χ1) is 12.0. The Morgan fingerprint density at radius 2 is 1.96 bits per heavy atom. The van der Waals surface area contributed by atoms with Crippen molar-refractivity contribution in [1.82, 2.24) is 14.5 Å². The molecule has 0 fully saturated rings. The zero-order chi connectivity index (χ0) is 17.8. The summed E-state index contributed by atoms with van der Waals surface area (Å²) in [5.74, 6) is -0.376. The molecule has 2 aromatic heterocycles. The van der Waals surface area contributed by atoms with Crippen LogP contribution in [0.15, 0.2) is 59.7 Å². The number of nitrogens with zero attached hydrogens (tertiary/aromatic N) is 3. The Labute approximate surface area is 149 Å². The quantitative estimate of drug-likeness (QED) is 0.781. The Morgan fingerprint density at radius 3 is 2.68 bits per heavy atom. The van der Waals surface area contributed by atoms with Crippen molar-refractivity contribution in [2.45, 2.75) is 13.5 Å². The second kappa shape index (κ2) is 7.27. The zero-order valence-corrected chi connectivity index (χ0v) is 14.2. The normalized spacial score (nSPS) is 10.5. The minimum absolute atomic E-state index is 0.0292. The molecule has 3 rings (SSSR count). The van der Waals surface area contributed by atoms with E-state index in [0.29, 0.717) is 11.6 Å². The van der Waals surface area contributed by atoms with Crippen LogP contribution in [0.3, 0.4) is 0 Å². The highest BCUT2D eigenvalue weighted by Crippen LogP contribution is 2.10. The second-order valence-corrected chi connectivity index (χ2v) is 5.89. The predicted molar refractivity (Wildman–Crippen MR) is 96.0 cm³/mol. The molecule has 1 N–H and O–H groups in total. The SMILES string of the molecule is Cc1ccnc(NC(=O)c2cccn(Cc3ccc(Cl)cc3)c2=O)n1. The molecule has 126 valence electrons. The molecule has 2 heterocycles. The number of halogens is 1. The Morgan fingerprint density at radius 1 is 1.20 bits per heavy atom. The highest BCUT2D eigenvalue weighted by Gasteiger charge is 2.13. The minimum atomic E-state index is -0.541. The third-order valence-corrected chi connectivity index (χ3v) is 3.80. The molecule has 0 unspecified atom stereocenters. The van der Waals surface area contributed by atoms with Crippen LogP contribution in [-0.4, -0.2) is 20.4 Å². The molecule has 0 spiro atoms. The average Bonchev–Trinajstić information content (AvgIpc) is 2.58. The monoisotopic (exact) mass is 354 g/mol. The van der Waals surface area contributed by atoms with Crippen LogP contribution in [0.25, 0.3) is 0 Å². The fraction of sp³-hybridized carbons (Fsp3) is 0.111. The number of hydrogen-bond acceptors (Lipinski definition) is 4. The van der Waals surface area contributed by atoms with E-state index in [0.717, 1.165) is 11.3 Å². The molecule has 0 saturated heterocycles. The predicted octanol–water partition coefficient (Wildman–Crippen LogP) is 2.90. The summed E-state index contributed by atoms with van der Waals surface area (Å²) >= 11 is 5.87. The van der Waals surface area contributed by atoms with Crippen molar-refractivity contribution in [2.75, 3.05) is 5.32 Å². The lowest BCUT2D eigenvalue weighted by atomic mass is 10.2. The maximum Gasteiger partial charge on any atom is 0.263 e. The van der Waals surface area contributed by atoms with Crippen molar-refractivity contribution in [3.05, 3.63) is 87.1 Å².